The molecule has 1 aliphatic rings. The summed E-state index contributed by atoms with van der Waals surface area (Å²) in [6.45, 7) is 13.7. The van der Waals surface area contributed by atoms with Crippen LogP contribution < -0.4 is 10.2 Å². The van der Waals surface area contributed by atoms with Crippen LogP contribution in [0, 0.1) is 5.82 Å². The third-order valence-electron chi connectivity index (χ3n) is 5.01. The van der Waals surface area contributed by atoms with E-state index in [0.29, 0.717) is 18.3 Å². The highest BCUT2D eigenvalue weighted by Gasteiger charge is 2.21. The second-order valence-electron chi connectivity index (χ2n) is 6.77. The Bertz CT molecular complexity index is 596. The first-order chi connectivity index (χ1) is 13.1. The second-order valence-corrected chi connectivity index (χ2v) is 6.77. The Morgan fingerprint density at radius 2 is 1.93 bits per heavy atom. The summed E-state index contributed by atoms with van der Waals surface area (Å²) in [5.74, 6) is 0.731. The molecule has 0 amide bonds. The number of nitrogens with one attached hydrogen (secondary N) is 1. The van der Waals surface area contributed by atoms with E-state index in [0.717, 1.165) is 63.7 Å². The van der Waals surface area contributed by atoms with Crippen molar-refractivity contribution in [3.8, 4) is 0 Å². The lowest BCUT2D eigenvalue weighted by Crippen LogP contribution is -2.47. The highest BCUT2D eigenvalue weighted by Crippen LogP contribution is 2.21. The monoisotopic (exact) mass is 378 g/mol. The second kappa shape index (κ2) is 11.1. The maximum atomic E-state index is 14.5. The van der Waals surface area contributed by atoms with Crippen LogP contribution in [0.4, 0.5) is 10.1 Å². The van der Waals surface area contributed by atoms with Crippen LogP contribution in [0.15, 0.2) is 23.2 Å². The number of hydrogen-bond donors (Lipinski definition) is 1. The molecule has 1 aliphatic heterocycles. The van der Waals surface area contributed by atoms with Gasteiger partial charge >= 0.3 is 0 Å². The Kier molecular flexibility index (Phi) is 8.85. The van der Waals surface area contributed by atoms with Crippen molar-refractivity contribution in [2.75, 3.05) is 44.2 Å². The molecule has 0 atom stereocenters. The van der Waals surface area contributed by atoms with Crippen LogP contribution in [-0.4, -0.2) is 56.3 Å². The van der Waals surface area contributed by atoms with E-state index in [-0.39, 0.29) is 5.82 Å². The lowest BCUT2D eigenvalue weighted by Gasteiger charge is -2.34. The standard InChI is InChI=1S/C21H35FN4O/c1-5-23-21(26-13-11-18(12-14-26)27-8-4)24-16-17-9-10-20(19(22)15-17)25(6-2)7-3/h9-10,15,18H,5-8,11-14,16H2,1-4H3,(H,23,24). The Morgan fingerprint density at radius 3 is 2.48 bits per heavy atom. The van der Waals surface area contributed by atoms with Crippen molar-refractivity contribution in [2.24, 2.45) is 4.99 Å². The quantitative estimate of drug-likeness (QED) is 0.554. The number of nitrogens with zero attached hydrogens (tertiary/aromatic N) is 3. The summed E-state index contributed by atoms with van der Waals surface area (Å²) in [7, 11) is 0. The Hall–Kier alpha value is -1.82. The number of rotatable bonds is 8. The van der Waals surface area contributed by atoms with Crippen LogP contribution in [0.5, 0.6) is 0 Å². The number of piperidine rings is 1. The van der Waals surface area contributed by atoms with Crippen LogP contribution >= 0.6 is 0 Å². The summed E-state index contributed by atoms with van der Waals surface area (Å²) in [6, 6.07) is 5.46. The first-order valence-corrected chi connectivity index (χ1v) is 10.3. The molecule has 0 unspecified atom stereocenters. The minimum atomic E-state index is -0.172. The van der Waals surface area contributed by atoms with Crippen LogP contribution in [0.1, 0.15) is 46.1 Å². The molecule has 6 heteroatoms. The van der Waals surface area contributed by atoms with Crippen molar-refractivity contribution in [3.05, 3.63) is 29.6 Å². The Morgan fingerprint density at radius 1 is 1.22 bits per heavy atom. The van der Waals surface area contributed by atoms with Crippen LogP contribution in [0.3, 0.4) is 0 Å². The van der Waals surface area contributed by atoms with Crippen molar-refractivity contribution in [2.45, 2.75) is 53.2 Å². The largest absolute Gasteiger partial charge is 0.378 e. The maximum absolute atomic E-state index is 14.5. The van der Waals surface area contributed by atoms with Gasteiger partial charge in [0.05, 0.1) is 18.3 Å². The number of benzene rings is 1. The van der Waals surface area contributed by atoms with E-state index < -0.39 is 0 Å². The van der Waals surface area contributed by atoms with Gasteiger partial charge in [-0.3, -0.25) is 0 Å². The van der Waals surface area contributed by atoms with Crippen molar-refractivity contribution < 1.29 is 9.13 Å². The van der Waals surface area contributed by atoms with Crippen molar-refractivity contribution >= 4 is 11.6 Å². The van der Waals surface area contributed by atoms with E-state index in [1.165, 1.54) is 0 Å². The molecule has 0 aromatic heterocycles. The van der Waals surface area contributed by atoms with Gasteiger partial charge < -0.3 is 19.9 Å². The molecule has 2 rings (SSSR count). The minimum Gasteiger partial charge on any atom is -0.378 e. The molecule has 0 saturated carbocycles. The summed E-state index contributed by atoms with van der Waals surface area (Å²) < 4.78 is 20.2. The van der Waals surface area contributed by atoms with Crippen molar-refractivity contribution in [1.82, 2.24) is 10.2 Å². The van der Waals surface area contributed by atoms with Gasteiger partial charge in [-0.05, 0) is 58.2 Å². The normalized spacial score (nSPS) is 15.9. The summed E-state index contributed by atoms with van der Waals surface area (Å²) in [6.07, 6.45) is 2.40. The van der Waals surface area contributed by atoms with E-state index >= 15 is 0 Å². The molecular weight excluding hydrogens is 343 g/mol. The average molecular weight is 379 g/mol. The van der Waals surface area contributed by atoms with Gasteiger partial charge in [-0.1, -0.05) is 6.07 Å². The van der Waals surface area contributed by atoms with Gasteiger partial charge in [-0.2, -0.15) is 0 Å². The number of likely N-dealkylation sites (tertiary alicyclic amines) is 1. The summed E-state index contributed by atoms with van der Waals surface area (Å²) in [4.78, 5) is 9.04. The highest BCUT2D eigenvalue weighted by molar-refractivity contribution is 5.80. The predicted molar refractivity (Wildman–Crippen MR) is 111 cm³/mol. The zero-order chi connectivity index (χ0) is 19.6. The first kappa shape index (κ1) is 21.5. The van der Waals surface area contributed by atoms with Gasteiger partial charge in [0.25, 0.3) is 0 Å². The fourth-order valence-electron chi connectivity index (χ4n) is 3.53. The summed E-state index contributed by atoms with van der Waals surface area (Å²) in [5.41, 5.74) is 1.56. The first-order valence-electron chi connectivity index (χ1n) is 10.3. The van der Waals surface area contributed by atoms with Crippen molar-refractivity contribution in [3.63, 3.8) is 0 Å². The fourth-order valence-corrected chi connectivity index (χ4v) is 3.53. The van der Waals surface area contributed by atoms with Gasteiger partial charge in [-0.25, -0.2) is 9.38 Å². The fraction of sp³-hybridized carbons (Fsp3) is 0.667. The molecule has 0 radical (unpaired) electrons. The average Bonchev–Trinajstić information content (AvgIpc) is 2.68. The molecule has 0 aliphatic carbocycles. The molecule has 152 valence electrons. The van der Waals surface area contributed by atoms with Gasteiger partial charge in [-0.15, -0.1) is 0 Å². The molecule has 5 nitrogen and oxygen atoms in total. The summed E-state index contributed by atoms with van der Waals surface area (Å²) >= 11 is 0. The molecule has 0 spiro atoms. The number of aliphatic imine (C=N–C) groups is 1. The van der Waals surface area contributed by atoms with Gasteiger partial charge in [0, 0.05) is 39.3 Å². The van der Waals surface area contributed by atoms with Crippen LogP contribution in [0.2, 0.25) is 0 Å². The number of anilines is 1. The number of halogens is 1. The third kappa shape index (κ3) is 6.09. The Balaban J connectivity index is 2.03. The molecule has 1 aromatic carbocycles. The third-order valence-corrected chi connectivity index (χ3v) is 5.01. The minimum absolute atomic E-state index is 0.172. The molecule has 27 heavy (non-hydrogen) atoms. The summed E-state index contributed by atoms with van der Waals surface area (Å²) in [5, 5.41) is 3.37. The van der Waals surface area contributed by atoms with Crippen molar-refractivity contribution in [1.29, 1.82) is 0 Å². The van der Waals surface area contributed by atoms with Gasteiger partial charge in [0.15, 0.2) is 5.96 Å². The van der Waals surface area contributed by atoms with Gasteiger partial charge in [0.2, 0.25) is 0 Å². The molecule has 1 heterocycles. The zero-order valence-corrected chi connectivity index (χ0v) is 17.3. The van der Waals surface area contributed by atoms with E-state index in [1.807, 2.05) is 37.8 Å². The SMILES string of the molecule is CCNC(=NCc1ccc(N(CC)CC)c(F)c1)N1CCC(OCC)CC1. The zero-order valence-electron chi connectivity index (χ0n) is 17.3. The number of hydrogen-bond acceptors (Lipinski definition) is 3. The van der Waals surface area contributed by atoms with E-state index in [1.54, 1.807) is 6.07 Å². The topological polar surface area (TPSA) is 40.1 Å². The number of guanidine groups is 1. The molecular formula is C21H35FN4O. The van der Waals surface area contributed by atoms with E-state index in [4.69, 9.17) is 9.73 Å². The van der Waals surface area contributed by atoms with Crippen LogP contribution in [-0.2, 0) is 11.3 Å². The molecule has 1 N–H and O–H groups in total. The van der Waals surface area contributed by atoms with Crippen LogP contribution in [0.25, 0.3) is 0 Å². The maximum Gasteiger partial charge on any atom is 0.194 e. The highest BCUT2D eigenvalue weighted by atomic mass is 19.1. The van der Waals surface area contributed by atoms with E-state index in [2.05, 4.69) is 17.1 Å². The lowest BCUT2D eigenvalue weighted by molar-refractivity contribution is 0.0263. The Labute approximate surface area is 163 Å². The molecule has 0 bridgehead atoms. The number of ether oxygens (including phenoxy) is 1. The predicted octanol–water partition coefficient (Wildman–Crippen LogP) is 3.64. The smallest absolute Gasteiger partial charge is 0.194 e. The lowest BCUT2D eigenvalue weighted by atomic mass is 10.1. The van der Waals surface area contributed by atoms with Gasteiger partial charge in [0.1, 0.15) is 5.82 Å². The molecule has 1 fully saturated rings. The van der Waals surface area contributed by atoms with E-state index in [9.17, 15) is 4.39 Å². The molecule has 1 aromatic rings. The molecule has 1 saturated heterocycles.